The van der Waals surface area contributed by atoms with Gasteiger partial charge >= 0.3 is 5.69 Å². The van der Waals surface area contributed by atoms with Crippen LogP contribution in [0, 0.1) is 0 Å². The molecule has 0 fully saturated rings. The van der Waals surface area contributed by atoms with Crippen molar-refractivity contribution in [1.29, 1.82) is 0 Å². The summed E-state index contributed by atoms with van der Waals surface area (Å²) in [6.45, 7) is 0.683. The molecule has 31 heavy (non-hydrogen) atoms. The zero-order valence-corrected chi connectivity index (χ0v) is 17.1. The van der Waals surface area contributed by atoms with Crippen LogP contribution in [0.3, 0.4) is 0 Å². The van der Waals surface area contributed by atoms with E-state index in [0.717, 1.165) is 33.9 Å². The Morgan fingerprint density at radius 3 is 2.16 bits per heavy atom. The molecule has 1 aromatic heterocycles. The zero-order valence-electron chi connectivity index (χ0n) is 17.1. The number of benzene rings is 3. The van der Waals surface area contributed by atoms with Crippen LogP contribution in [0.1, 0.15) is 22.6 Å². The third-order valence-corrected chi connectivity index (χ3v) is 5.71. The van der Waals surface area contributed by atoms with Crippen molar-refractivity contribution < 1.29 is 14.6 Å². The molecule has 0 aliphatic carbocycles. The van der Waals surface area contributed by atoms with Crippen LogP contribution in [0.4, 0.5) is 0 Å². The number of hydrogen-bond donors (Lipinski definition) is 1. The van der Waals surface area contributed by atoms with E-state index in [0.29, 0.717) is 6.54 Å². The van der Waals surface area contributed by atoms with Gasteiger partial charge in [0.2, 0.25) is 5.88 Å². The van der Waals surface area contributed by atoms with Crippen molar-refractivity contribution in [1.82, 2.24) is 9.13 Å². The Morgan fingerprint density at radius 2 is 1.55 bits per heavy atom. The number of imidazole rings is 1. The Morgan fingerprint density at radius 1 is 0.935 bits per heavy atom. The number of hydrogen-bond acceptors (Lipinski definition) is 4. The summed E-state index contributed by atoms with van der Waals surface area (Å²) in [5.41, 5.74) is 2.69. The van der Waals surface area contributed by atoms with Gasteiger partial charge in [-0.15, -0.1) is 0 Å². The van der Waals surface area contributed by atoms with E-state index < -0.39 is 0 Å². The van der Waals surface area contributed by atoms with Crippen molar-refractivity contribution >= 4 is 0 Å². The molecular weight excluding hydrogens is 392 g/mol. The van der Waals surface area contributed by atoms with Crippen molar-refractivity contribution in [3.63, 3.8) is 0 Å². The van der Waals surface area contributed by atoms with Gasteiger partial charge in [-0.3, -0.25) is 9.13 Å². The average molecular weight is 414 g/mol. The van der Waals surface area contributed by atoms with Gasteiger partial charge in [0.25, 0.3) is 0 Å². The van der Waals surface area contributed by atoms with E-state index in [1.807, 2.05) is 72.8 Å². The summed E-state index contributed by atoms with van der Waals surface area (Å²) in [5, 5.41) is 10.5. The highest BCUT2D eigenvalue weighted by molar-refractivity contribution is 5.53. The molecule has 1 N–H and O–H groups in total. The van der Waals surface area contributed by atoms with Crippen molar-refractivity contribution in [2.75, 3.05) is 7.11 Å². The maximum atomic E-state index is 13.1. The molecule has 1 aliphatic heterocycles. The first-order chi connectivity index (χ1) is 15.1. The number of aromatic nitrogens is 2. The van der Waals surface area contributed by atoms with E-state index in [4.69, 9.17) is 9.47 Å². The first-order valence-corrected chi connectivity index (χ1v) is 10.1. The Labute approximate surface area is 179 Å². The molecule has 0 unspecified atom stereocenters. The summed E-state index contributed by atoms with van der Waals surface area (Å²) in [6, 6.07) is 23.2. The molecule has 0 atom stereocenters. The summed E-state index contributed by atoms with van der Waals surface area (Å²) >= 11 is 0. The van der Waals surface area contributed by atoms with Gasteiger partial charge in [-0.1, -0.05) is 48.5 Å². The highest BCUT2D eigenvalue weighted by Crippen LogP contribution is 2.44. The Bertz CT molecular complexity index is 1240. The Kier molecular flexibility index (Phi) is 4.75. The fraction of sp³-hybridized carbons (Fsp3) is 0.160. The largest absolute Gasteiger partial charge is 0.497 e. The smallest absolute Gasteiger partial charge is 0.331 e. The quantitative estimate of drug-likeness (QED) is 0.527. The number of fused-ring (bicyclic) bond motifs is 2. The van der Waals surface area contributed by atoms with Crippen molar-refractivity contribution in [2.45, 2.75) is 19.0 Å². The number of nitrogens with zero attached hydrogens (tertiary/aromatic N) is 2. The minimum atomic E-state index is -0.255. The second-order valence-electron chi connectivity index (χ2n) is 7.59. The lowest BCUT2D eigenvalue weighted by molar-refractivity contribution is 0.414. The van der Waals surface area contributed by atoms with E-state index in [9.17, 15) is 9.90 Å². The van der Waals surface area contributed by atoms with Gasteiger partial charge in [0.15, 0.2) is 0 Å². The number of methoxy groups -OCH3 is 1. The third kappa shape index (κ3) is 3.46. The van der Waals surface area contributed by atoms with Crippen LogP contribution in [0.15, 0.2) is 83.8 Å². The highest BCUT2D eigenvalue weighted by Gasteiger charge is 2.28. The molecule has 0 saturated heterocycles. The lowest BCUT2D eigenvalue weighted by atomic mass is 9.88. The summed E-state index contributed by atoms with van der Waals surface area (Å²) in [5.74, 6) is 2.21. The summed E-state index contributed by atoms with van der Waals surface area (Å²) in [6.07, 6.45) is 1.51. The van der Waals surface area contributed by atoms with E-state index in [2.05, 4.69) is 0 Å². The molecule has 6 heteroatoms. The number of rotatable bonds is 5. The van der Waals surface area contributed by atoms with Crippen molar-refractivity contribution in [3.8, 4) is 23.1 Å². The van der Waals surface area contributed by atoms with Crippen molar-refractivity contribution in [2.24, 2.45) is 0 Å². The van der Waals surface area contributed by atoms with Gasteiger partial charge in [0.1, 0.15) is 17.2 Å². The minimum Gasteiger partial charge on any atom is -0.497 e. The average Bonchev–Trinajstić information content (AvgIpc) is 3.06. The molecule has 0 amide bonds. The molecule has 156 valence electrons. The number of ether oxygens (including phenoxy) is 2. The molecular formula is C25H22N2O4. The SMILES string of the molecule is COc1ccc(Cn2c(O)cn(CC3c4ccccc4Oc4ccccc43)c2=O)cc1. The van der Waals surface area contributed by atoms with Gasteiger partial charge in [-0.25, -0.2) is 4.79 Å². The summed E-state index contributed by atoms with van der Waals surface area (Å²) in [7, 11) is 1.61. The van der Waals surface area contributed by atoms with Crippen LogP contribution in [-0.4, -0.2) is 21.4 Å². The standard InChI is InChI=1S/C25H22N2O4/c1-30-18-12-10-17(11-13-18)14-27-24(28)16-26(25(27)29)15-21-19-6-2-4-8-22(19)31-23-9-5-3-7-20(21)23/h2-13,16,21,28H,14-15H2,1H3. The topological polar surface area (TPSA) is 65.6 Å². The Hall–Kier alpha value is -3.93. The van der Waals surface area contributed by atoms with Gasteiger partial charge in [0, 0.05) is 23.6 Å². The molecule has 6 nitrogen and oxygen atoms in total. The van der Waals surface area contributed by atoms with E-state index in [-0.39, 0.29) is 24.0 Å². The molecule has 0 radical (unpaired) electrons. The second kappa shape index (κ2) is 7.72. The van der Waals surface area contributed by atoms with Crippen LogP contribution in [0.25, 0.3) is 0 Å². The second-order valence-corrected chi connectivity index (χ2v) is 7.59. The van der Waals surface area contributed by atoms with E-state index in [1.165, 1.54) is 10.8 Å². The fourth-order valence-corrected chi connectivity index (χ4v) is 4.11. The van der Waals surface area contributed by atoms with E-state index in [1.54, 1.807) is 11.7 Å². The molecule has 3 aromatic carbocycles. The fourth-order valence-electron chi connectivity index (χ4n) is 4.11. The van der Waals surface area contributed by atoms with Crippen LogP contribution in [-0.2, 0) is 13.1 Å². The monoisotopic (exact) mass is 414 g/mol. The number of aromatic hydroxyl groups is 1. The van der Waals surface area contributed by atoms with Gasteiger partial charge in [-0.2, -0.15) is 0 Å². The first-order valence-electron chi connectivity index (χ1n) is 10.1. The van der Waals surface area contributed by atoms with Crippen LogP contribution < -0.4 is 15.2 Å². The molecule has 1 aliphatic rings. The highest BCUT2D eigenvalue weighted by atomic mass is 16.5. The van der Waals surface area contributed by atoms with Crippen molar-refractivity contribution in [3.05, 3.63) is 106 Å². The maximum Gasteiger partial charge on any atom is 0.331 e. The zero-order chi connectivity index (χ0) is 21.4. The first kappa shape index (κ1) is 19.1. The third-order valence-electron chi connectivity index (χ3n) is 5.71. The molecule has 2 heterocycles. The van der Waals surface area contributed by atoms with E-state index >= 15 is 0 Å². The Balaban J connectivity index is 1.49. The lowest BCUT2D eigenvalue weighted by Crippen LogP contribution is -2.27. The molecule has 5 rings (SSSR count). The normalized spacial score (nSPS) is 12.7. The minimum absolute atomic E-state index is 0.0601. The molecule has 0 spiro atoms. The summed E-state index contributed by atoms with van der Waals surface area (Å²) < 4.78 is 14.2. The van der Waals surface area contributed by atoms with Crippen LogP contribution in [0.2, 0.25) is 0 Å². The predicted octanol–water partition coefficient (Wildman–Crippen LogP) is 4.35. The predicted molar refractivity (Wildman–Crippen MR) is 117 cm³/mol. The van der Waals surface area contributed by atoms with Gasteiger partial charge in [0.05, 0.1) is 19.9 Å². The molecule has 0 saturated carbocycles. The summed E-state index contributed by atoms with van der Waals surface area (Å²) in [4.78, 5) is 13.1. The molecule has 4 aromatic rings. The molecule has 0 bridgehead atoms. The van der Waals surface area contributed by atoms with Gasteiger partial charge in [-0.05, 0) is 29.8 Å². The van der Waals surface area contributed by atoms with Crippen LogP contribution >= 0.6 is 0 Å². The number of para-hydroxylation sites is 2. The van der Waals surface area contributed by atoms with Crippen LogP contribution in [0.5, 0.6) is 23.1 Å². The van der Waals surface area contributed by atoms with Gasteiger partial charge < -0.3 is 14.6 Å². The lowest BCUT2D eigenvalue weighted by Gasteiger charge is -2.28. The maximum absolute atomic E-state index is 13.1.